The molecule has 0 aromatic heterocycles. The van der Waals surface area contributed by atoms with Crippen molar-refractivity contribution in [3.63, 3.8) is 0 Å². The van der Waals surface area contributed by atoms with Crippen LogP contribution < -0.4 is 19.1 Å². The molecular weight excluding hydrogens is 578 g/mol. The lowest BCUT2D eigenvalue weighted by molar-refractivity contribution is -0.141. The molecule has 1 N–H and O–H groups in total. The zero-order chi connectivity index (χ0) is 31.7. The Kier molecular flexibility index (Phi) is 11.3. The van der Waals surface area contributed by atoms with Crippen LogP contribution in [-0.4, -0.2) is 63.2 Å². The number of amides is 2. The molecule has 0 radical (unpaired) electrons. The van der Waals surface area contributed by atoms with E-state index in [1.165, 1.54) is 4.31 Å². The van der Waals surface area contributed by atoms with Crippen LogP contribution in [0.4, 0.5) is 5.69 Å². The molecule has 2 atom stereocenters. The van der Waals surface area contributed by atoms with Gasteiger partial charge in [0.05, 0.1) is 11.9 Å². The third-order valence-electron chi connectivity index (χ3n) is 7.84. The maximum atomic E-state index is 14.1. The molecule has 1 aliphatic rings. The van der Waals surface area contributed by atoms with Gasteiger partial charge in [-0.15, -0.1) is 0 Å². The van der Waals surface area contributed by atoms with Crippen molar-refractivity contribution in [2.45, 2.75) is 65.1 Å². The highest BCUT2D eigenvalue weighted by molar-refractivity contribution is 7.92. The average Bonchev–Trinajstić information content (AvgIpc) is 3.01. The standard InChI is InChI=1S/C34H43N3O6S/c1-5-26(3)35-34(39)30(22-27-13-7-6-8-14-27)36(24-28-15-10-9-12-25(28)2)33(38)16-11-19-37(44(4,40)41)29-17-18-31-32(23-29)43-21-20-42-31/h6-10,12-15,17-18,23,26,30H,5,11,16,19-22,24H2,1-4H3,(H,35,39)/t26-,30+/m1/s1. The number of ether oxygens (including phenoxy) is 2. The molecule has 0 saturated heterocycles. The van der Waals surface area contributed by atoms with Gasteiger partial charge in [-0.05, 0) is 55.5 Å². The molecule has 0 fully saturated rings. The van der Waals surface area contributed by atoms with Gasteiger partial charge in [0.25, 0.3) is 0 Å². The highest BCUT2D eigenvalue weighted by atomic mass is 32.2. The predicted molar refractivity (Wildman–Crippen MR) is 172 cm³/mol. The fourth-order valence-corrected chi connectivity index (χ4v) is 6.11. The van der Waals surface area contributed by atoms with Gasteiger partial charge < -0.3 is 19.7 Å². The maximum absolute atomic E-state index is 14.1. The Bertz CT molecular complexity index is 1530. The smallest absolute Gasteiger partial charge is 0.243 e. The molecule has 236 valence electrons. The van der Waals surface area contributed by atoms with Crippen molar-refractivity contribution in [3.8, 4) is 11.5 Å². The lowest BCUT2D eigenvalue weighted by atomic mass is 10.0. The summed E-state index contributed by atoms with van der Waals surface area (Å²) in [7, 11) is -3.66. The van der Waals surface area contributed by atoms with E-state index in [1.54, 1.807) is 23.1 Å². The van der Waals surface area contributed by atoms with Crippen LogP contribution in [0.5, 0.6) is 11.5 Å². The van der Waals surface area contributed by atoms with Crippen LogP contribution in [0.1, 0.15) is 49.8 Å². The normalized spacial score (nSPS) is 13.9. The van der Waals surface area contributed by atoms with Crippen LogP contribution in [0.2, 0.25) is 0 Å². The number of hydrogen-bond acceptors (Lipinski definition) is 6. The van der Waals surface area contributed by atoms with E-state index in [0.717, 1.165) is 29.4 Å². The molecule has 44 heavy (non-hydrogen) atoms. The molecule has 9 nitrogen and oxygen atoms in total. The SMILES string of the molecule is CC[C@@H](C)NC(=O)[C@H](Cc1ccccc1)N(Cc1ccccc1C)C(=O)CCCN(c1ccc2c(c1)OCCO2)S(C)(=O)=O. The molecule has 0 bridgehead atoms. The van der Waals surface area contributed by atoms with Crippen molar-refractivity contribution >= 4 is 27.5 Å². The minimum absolute atomic E-state index is 0.0505. The van der Waals surface area contributed by atoms with E-state index >= 15 is 0 Å². The van der Waals surface area contributed by atoms with Crippen molar-refractivity contribution < 1.29 is 27.5 Å². The van der Waals surface area contributed by atoms with Crippen molar-refractivity contribution in [1.82, 2.24) is 10.2 Å². The van der Waals surface area contributed by atoms with Crippen LogP contribution >= 0.6 is 0 Å². The van der Waals surface area contributed by atoms with Crippen LogP contribution in [-0.2, 0) is 32.6 Å². The summed E-state index contributed by atoms with van der Waals surface area (Å²) in [5.41, 5.74) is 3.36. The first-order chi connectivity index (χ1) is 21.1. The number of rotatable bonds is 14. The number of aryl methyl sites for hydroxylation is 1. The second kappa shape index (κ2) is 15.1. The monoisotopic (exact) mass is 621 g/mol. The van der Waals surface area contributed by atoms with Gasteiger partial charge >= 0.3 is 0 Å². The Morgan fingerprint density at radius 2 is 1.64 bits per heavy atom. The predicted octanol–water partition coefficient (Wildman–Crippen LogP) is 4.87. The molecule has 10 heteroatoms. The topological polar surface area (TPSA) is 105 Å². The number of fused-ring (bicyclic) bond motifs is 1. The third kappa shape index (κ3) is 8.75. The fourth-order valence-electron chi connectivity index (χ4n) is 5.16. The van der Waals surface area contributed by atoms with Crippen LogP contribution in [0.3, 0.4) is 0 Å². The Morgan fingerprint density at radius 1 is 0.955 bits per heavy atom. The van der Waals surface area contributed by atoms with Gasteiger partial charge in [-0.3, -0.25) is 13.9 Å². The van der Waals surface area contributed by atoms with E-state index in [4.69, 9.17) is 9.47 Å². The molecular formula is C34H43N3O6S. The number of benzene rings is 3. The van der Waals surface area contributed by atoms with Crippen LogP contribution in [0.25, 0.3) is 0 Å². The van der Waals surface area contributed by atoms with Crippen LogP contribution in [0, 0.1) is 6.92 Å². The summed E-state index contributed by atoms with van der Waals surface area (Å²) < 4.78 is 38.2. The van der Waals surface area contributed by atoms with Gasteiger partial charge in [0, 0.05) is 38.0 Å². The summed E-state index contributed by atoms with van der Waals surface area (Å²) >= 11 is 0. The average molecular weight is 622 g/mol. The number of anilines is 1. The molecule has 3 aromatic carbocycles. The highest BCUT2D eigenvalue weighted by Gasteiger charge is 2.31. The minimum Gasteiger partial charge on any atom is -0.486 e. The largest absolute Gasteiger partial charge is 0.486 e. The Labute approximate surface area is 261 Å². The lowest BCUT2D eigenvalue weighted by Crippen LogP contribution is -2.52. The van der Waals surface area contributed by atoms with E-state index in [0.29, 0.717) is 36.8 Å². The van der Waals surface area contributed by atoms with Crippen molar-refractivity contribution in [2.24, 2.45) is 0 Å². The number of sulfonamides is 1. The quantitative estimate of drug-likeness (QED) is 0.276. The number of carbonyl (C=O) groups is 2. The van der Waals surface area contributed by atoms with Crippen LogP contribution in [0.15, 0.2) is 72.8 Å². The van der Waals surface area contributed by atoms with Gasteiger partial charge in [-0.1, -0.05) is 61.5 Å². The summed E-state index contributed by atoms with van der Waals surface area (Å²) in [5.74, 6) is 0.623. The van der Waals surface area contributed by atoms with E-state index < -0.39 is 16.1 Å². The van der Waals surface area contributed by atoms with Gasteiger partial charge in [0.15, 0.2) is 11.5 Å². The summed E-state index contributed by atoms with van der Waals surface area (Å²) in [6.45, 7) is 7.10. The van der Waals surface area contributed by atoms with Crippen molar-refractivity contribution in [3.05, 3.63) is 89.5 Å². The van der Waals surface area contributed by atoms with E-state index in [-0.39, 0.29) is 43.8 Å². The summed E-state index contributed by atoms with van der Waals surface area (Å²) in [6.07, 6.45) is 2.58. The molecule has 0 spiro atoms. The highest BCUT2D eigenvalue weighted by Crippen LogP contribution is 2.35. The Balaban J connectivity index is 1.59. The summed E-state index contributed by atoms with van der Waals surface area (Å²) in [5, 5.41) is 3.08. The van der Waals surface area contributed by atoms with Gasteiger partial charge in [0.2, 0.25) is 21.8 Å². The van der Waals surface area contributed by atoms with E-state index in [2.05, 4.69) is 5.32 Å². The molecule has 0 unspecified atom stereocenters. The molecule has 3 aromatic rings. The molecule has 0 aliphatic carbocycles. The zero-order valence-electron chi connectivity index (χ0n) is 26.0. The zero-order valence-corrected chi connectivity index (χ0v) is 26.8. The third-order valence-corrected chi connectivity index (χ3v) is 9.03. The maximum Gasteiger partial charge on any atom is 0.243 e. The van der Waals surface area contributed by atoms with Gasteiger partial charge in [-0.2, -0.15) is 0 Å². The first-order valence-corrected chi connectivity index (χ1v) is 17.0. The Hall–Kier alpha value is -4.05. The van der Waals surface area contributed by atoms with Crippen molar-refractivity contribution in [2.75, 3.05) is 30.3 Å². The molecule has 1 aliphatic heterocycles. The number of nitrogens with zero attached hydrogens (tertiary/aromatic N) is 2. The molecule has 4 rings (SSSR count). The second-order valence-corrected chi connectivity index (χ2v) is 13.1. The van der Waals surface area contributed by atoms with Gasteiger partial charge in [0.1, 0.15) is 19.3 Å². The molecule has 2 amide bonds. The Morgan fingerprint density at radius 3 is 2.32 bits per heavy atom. The number of hydrogen-bond donors (Lipinski definition) is 1. The lowest BCUT2D eigenvalue weighted by Gasteiger charge is -2.33. The first-order valence-electron chi connectivity index (χ1n) is 15.1. The van der Waals surface area contributed by atoms with Crippen molar-refractivity contribution in [1.29, 1.82) is 0 Å². The summed E-state index contributed by atoms with van der Waals surface area (Å²) in [4.78, 5) is 29.4. The molecule has 1 heterocycles. The number of carbonyl (C=O) groups excluding carboxylic acids is 2. The minimum atomic E-state index is -3.66. The summed E-state index contributed by atoms with van der Waals surface area (Å²) in [6, 6.07) is 21.7. The van der Waals surface area contributed by atoms with E-state index in [9.17, 15) is 18.0 Å². The van der Waals surface area contributed by atoms with Gasteiger partial charge in [-0.25, -0.2) is 8.42 Å². The molecule has 0 saturated carbocycles. The fraction of sp³-hybridized carbons (Fsp3) is 0.412. The second-order valence-electron chi connectivity index (χ2n) is 11.2. The number of nitrogens with one attached hydrogen (secondary N) is 1. The van der Waals surface area contributed by atoms with E-state index in [1.807, 2.05) is 75.4 Å². The first kappa shape index (κ1) is 32.9.